The smallest absolute Gasteiger partial charge is 0.259 e. The monoisotopic (exact) mass is 281 g/mol. The van der Waals surface area contributed by atoms with Gasteiger partial charge in [-0.1, -0.05) is 0 Å². The number of H-pyrrole nitrogens is 1. The van der Waals surface area contributed by atoms with Gasteiger partial charge < -0.3 is 10.1 Å². The molecule has 1 unspecified atom stereocenters. The molecule has 2 heterocycles. The van der Waals surface area contributed by atoms with Crippen molar-refractivity contribution in [3.8, 4) is 0 Å². The van der Waals surface area contributed by atoms with Crippen molar-refractivity contribution in [2.75, 3.05) is 13.7 Å². The fourth-order valence-electron chi connectivity index (χ4n) is 1.91. The highest BCUT2D eigenvalue weighted by molar-refractivity contribution is 7.18. The Bertz CT molecular complexity index is 647. The molecule has 0 aliphatic carbocycles. The molecule has 1 atom stereocenters. The highest BCUT2D eigenvalue weighted by Crippen LogP contribution is 2.25. The van der Waals surface area contributed by atoms with E-state index < -0.39 is 0 Å². The second-order valence-electron chi connectivity index (χ2n) is 4.92. The Morgan fingerprint density at radius 3 is 2.79 bits per heavy atom. The summed E-state index contributed by atoms with van der Waals surface area (Å²) >= 11 is 1.55. The molecule has 6 heteroatoms. The fraction of sp³-hybridized carbons (Fsp3) is 0.538. The van der Waals surface area contributed by atoms with Crippen LogP contribution in [0.4, 0.5) is 0 Å². The predicted octanol–water partition coefficient (Wildman–Crippen LogP) is 1.41. The van der Waals surface area contributed by atoms with Crippen LogP contribution < -0.4 is 5.56 Å². The number of aliphatic hydroxyl groups excluding tert-OH is 1. The van der Waals surface area contributed by atoms with Gasteiger partial charge >= 0.3 is 0 Å². The van der Waals surface area contributed by atoms with Gasteiger partial charge in [0.05, 0.1) is 18.5 Å². The molecule has 5 nitrogen and oxygen atoms in total. The van der Waals surface area contributed by atoms with E-state index in [1.165, 1.54) is 0 Å². The number of aromatic amines is 1. The summed E-state index contributed by atoms with van der Waals surface area (Å²) in [5.74, 6) is 0.640. The standard InChI is InChI=1S/C13H19N3O2S/c1-7(6-17)16(4)5-10-14-12(18)11-8(2)9(3)19-13(11)15-10/h7,17H,5-6H2,1-4H3,(H,14,15,18). The minimum Gasteiger partial charge on any atom is -0.395 e. The van der Waals surface area contributed by atoms with Crippen molar-refractivity contribution in [2.45, 2.75) is 33.4 Å². The minimum absolute atomic E-state index is 0.0350. The summed E-state index contributed by atoms with van der Waals surface area (Å²) in [4.78, 5) is 23.3. The molecule has 2 rings (SSSR count). The third-order valence-electron chi connectivity index (χ3n) is 3.50. The molecule has 0 saturated heterocycles. The number of likely N-dealkylation sites (N-methyl/N-ethyl adjacent to an activating group) is 1. The summed E-state index contributed by atoms with van der Waals surface area (Å²) in [6.45, 7) is 6.48. The summed E-state index contributed by atoms with van der Waals surface area (Å²) in [5, 5.41) is 9.82. The van der Waals surface area contributed by atoms with Crippen LogP contribution in [0.2, 0.25) is 0 Å². The van der Waals surface area contributed by atoms with Gasteiger partial charge in [0, 0.05) is 10.9 Å². The molecule has 0 aliphatic heterocycles. The Balaban J connectivity index is 2.39. The van der Waals surface area contributed by atoms with E-state index in [9.17, 15) is 4.79 Å². The van der Waals surface area contributed by atoms with Gasteiger partial charge in [0.2, 0.25) is 0 Å². The van der Waals surface area contributed by atoms with Crippen LogP contribution in [0, 0.1) is 13.8 Å². The zero-order valence-corrected chi connectivity index (χ0v) is 12.5. The van der Waals surface area contributed by atoms with E-state index in [2.05, 4.69) is 9.97 Å². The largest absolute Gasteiger partial charge is 0.395 e. The number of rotatable bonds is 4. The van der Waals surface area contributed by atoms with E-state index in [0.717, 1.165) is 15.3 Å². The normalized spacial score (nSPS) is 13.4. The van der Waals surface area contributed by atoms with Crippen LogP contribution >= 0.6 is 11.3 Å². The molecule has 2 aromatic rings. The van der Waals surface area contributed by atoms with Crippen molar-refractivity contribution < 1.29 is 5.11 Å². The van der Waals surface area contributed by atoms with Crippen molar-refractivity contribution in [1.82, 2.24) is 14.9 Å². The average Bonchev–Trinajstić information content (AvgIpc) is 2.64. The van der Waals surface area contributed by atoms with E-state index in [1.807, 2.05) is 32.7 Å². The van der Waals surface area contributed by atoms with Crippen LogP contribution in [-0.2, 0) is 6.54 Å². The zero-order valence-electron chi connectivity index (χ0n) is 11.6. The van der Waals surface area contributed by atoms with Gasteiger partial charge in [0.15, 0.2) is 0 Å². The van der Waals surface area contributed by atoms with Gasteiger partial charge in [-0.25, -0.2) is 4.98 Å². The summed E-state index contributed by atoms with van der Waals surface area (Å²) in [6.07, 6.45) is 0. The van der Waals surface area contributed by atoms with E-state index in [4.69, 9.17) is 5.11 Å². The lowest BCUT2D eigenvalue weighted by atomic mass is 10.2. The second kappa shape index (κ2) is 5.40. The lowest BCUT2D eigenvalue weighted by Gasteiger charge is -2.21. The molecule has 2 N–H and O–H groups in total. The average molecular weight is 281 g/mol. The summed E-state index contributed by atoms with van der Waals surface area (Å²) < 4.78 is 0. The van der Waals surface area contributed by atoms with Crippen LogP contribution in [0.15, 0.2) is 4.79 Å². The number of hydrogen-bond acceptors (Lipinski definition) is 5. The predicted molar refractivity (Wildman–Crippen MR) is 77.7 cm³/mol. The number of thiophene rings is 1. The maximum atomic E-state index is 12.1. The van der Waals surface area contributed by atoms with Crippen molar-refractivity contribution in [3.63, 3.8) is 0 Å². The number of nitrogens with zero attached hydrogens (tertiary/aromatic N) is 2. The van der Waals surface area contributed by atoms with Gasteiger partial charge in [-0.15, -0.1) is 11.3 Å². The SMILES string of the molecule is Cc1sc2nc(CN(C)C(C)CO)[nH]c(=O)c2c1C. The molecule has 0 bridgehead atoms. The minimum atomic E-state index is -0.0769. The first-order valence-corrected chi connectivity index (χ1v) is 7.05. The van der Waals surface area contributed by atoms with Gasteiger partial charge in [-0.05, 0) is 33.4 Å². The van der Waals surface area contributed by atoms with Crippen molar-refractivity contribution in [3.05, 3.63) is 26.6 Å². The third-order valence-corrected chi connectivity index (χ3v) is 4.61. The highest BCUT2D eigenvalue weighted by Gasteiger charge is 2.14. The second-order valence-corrected chi connectivity index (χ2v) is 6.13. The molecule has 2 aromatic heterocycles. The third kappa shape index (κ3) is 2.70. The zero-order chi connectivity index (χ0) is 14.2. The fourth-order valence-corrected chi connectivity index (χ4v) is 2.95. The molecule has 0 aromatic carbocycles. The first-order valence-electron chi connectivity index (χ1n) is 6.24. The summed E-state index contributed by atoms with van der Waals surface area (Å²) in [5.41, 5.74) is 0.935. The van der Waals surface area contributed by atoms with Gasteiger partial charge in [-0.3, -0.25) is 9.69 Å². The maximum absolute atomic E-state index is 12.1. The maximum Gasteiger partial charge on any atom is 0.259 e. The van der Waals surface area contributed by atoms with Gasteiger partial charge in [-0.2, -0.15) is 0 Å². The van der Waals surface area contributed by atoms with Crippen molar-refractivity contribution >= 4 is 21.6 Å². The number of fused-ring (bicyclic) bond motifs is 1. The van der Waals surface area contributed by atoms with Crippen LogP contribution in [-0.4, -0.2) is 39.7 Å². The number of aryl methyl sites for hydroxylation is 2. The molecular formula is C13H19N3O2S. The first-order chi connectivity index (χ1) is 8.93. The molecule has 19 heavy (non-hydrogen) atoms. The van der Waals surface area contributed by atoms with Crippen LogP contribution in [0.3, 0.4) is 0 Å². The molecular weight excluding hydrogens is 262 g/mol. The van der Waals surface area contributed by atoms with Crippen LogP contribution in [0.25, 0.3) is 10.2 Å². The molecule has 0 radical (unpaired) electrons. The molecule has 0 saturated carbocycles. The van der Waals surface area contributed by atoms with Gasteiger partial charge in [0.25, 0.3) is 5.56 Å². The van der Waals surface area contributed by atoms with Crippen molar-refractivity contribution in [1.29, 1.82) is 0 Å². The first kappa shape index (κ1) is 14.2. The molecule has 0 amide bonds. The lowest BCUT2D eigenvalue weighted by molar-refractivity contribution is 0.151. The molecule has 104 valence electrons. The quantitative estimate of drug-likeness (QED) is 0.889. The number of nitrogens with one attached hydrogen (secondary N) is 1. The Morgan fingerprint density at radius 1 is 1.47 bits per heavy atom. The number of hydrogen-bond donors (Lipinski definition) is 2. The molecule has 0 aliphatic rings. The van der Waals surface area contributed by atoms with Crippen molar-refractivity contribution in [2.24, 2.45) is 0 Å². The Morgan fingerprint density at radius 2 is 2.16 bits per heavy atom. The number of aromatic nitrogens is 2. The van der Waals surface area contributed by atoms with Gasteiger partial charge in [0.1, 0.15) is 10.7 Å². The van der Waals surface area contributed by atoms with E-state index in [0.29, 0.717) is 17.8 Å². The van der Waals surface area contributed by atoms with E-state index in [1.54, 1.807) is 11.3 Å². The Labute approximate surface area is 115 Å². The van der Waals surface area contributed by atoms with Crippen LogP contribution in [0.5, 0.6) is 0 Å². The van der Waals surface area contributed by atoms with Crippen LogP contribution in [0.1, 0.15) is 23.2 Å². The Hall–Kier alpha value is -1.24. The number of aliphatic hydroxyl groups is 1. The van der Waals surface area contributed by atoms with E-state index in [-0.39, 0.29) is 18.2 Å². The van der Waals surface area contributed by atoms with E-state index >= 15 is 0 Å². The molecule has 0 fully saturated rings. The highest BCUT2D eigenvalue weighted by atomic mass is 32.1. The summed E-state index contributed by atoms with van der Waals surface area (Å²) in [7, 11) is 1.90. The lowest BCUT2D eigenvalue weighted by Crippen LogP contribution is -2.32. The topological polar surface area (TPSA) is 69.2 Å². The Kier molecular flexibility index (Phi) is 4.03. The molecule has 0 spiro atoms. The summed E-state index contributed by atoms with van der Waals surface area (Å²) in [6, 6.07) is 0.0350.